The number of hydrogen-bond donors (Lipinski definition) is 0. The van der Waals surface area contributed by atoms with Gasteiger partial charge < -0.3 is 0 Å². The Labute approximate surface area is 126 Å². The lowest BCUT2D eigenvalue weighted by Crippen LogP contribution is -1.99. The molecule has 0 spiro atoms. The van der Waals surface area contributed by atoms with Gasteiger partial charge in [0.2, 0.25) is 0 Å². The summed E-state index contributed by atoms with van der Waals surface area (Å²) in [6.45, 7) is 0.810. The molecule has 19 heavy (non-hydrogen) atoms. The van der Waals surface area contributed by atoms with Crippen molar-refractivity contribution in [2.75, 3.05) is 0 Å². The first-order valence-electron chi connectivity index (χ1n) is 6.14. The summed E-state index contributed by atoms with van der Waals surface area (Å²) >= 11 is 2.36. The van der Waals surface area contributed by atoms with Crippen LogP contribution in [0.5, 0.6) is 0 Å². The smallest absolute Gasteiger partial charge is 0.0659 e. The van der Waals surface area contributed by atoms with Gasteiger partial charge in [0.25, 0.3) is 0 Å². The molecule has 0 fully saturated rings. The molecule has 3 heteroatoms. The van der Waals surface area contributed by atoms with Crippen molar-refractivity contribution in [2.45, 2.75) is 6.54 Å². The van der Waals surface area contributed by atoms with Crippen LogP contribution < -0.4 is 0 Å². The number of rotatable bonds is 3. The Kier molecular flexibility index (Phi) is 3.64. The van der Waals surface area contributed by atoms with Gasteiger partial charge >= 0.3 is 0 Å². The molecule has 0 radical (unpaired) electrons. The van der Waals surface area contributed by atoms with E-state index in [9.17, 15) is 0 Å². The van der Waals surface area contributed by atoms with Crippen LogP contribution in [0.3, 0.4) is 0 Å². The Morgan fingerprint density at radius 1 is 0.947 bits per heavy atom. The highest BCUT2D eigenvalue weighted by Gasteiger charge is 2.05. The van der Waals surface area contributed by atoms with Gasteiger partial charge in [-0.1, -0.05) is 48.5 Å². The van der Waals surface area contributed by atoms with Crippen LogP contribution in [0.2, 0.25) is 0 Å². The molecular weight excluding hydrogens is 347 g/mol. The van der Waals surface area contributed by atoms with Crippen LogP contribution in [0, 0.1) is 3.57 Å². The fourth-order valence-corrected chi connectivity index (χ4v) is 2.75. The lowest BCUT2D eigenvalue weighted by atomic mass is 10.1. The standard InChI is InChI=1S/C16H13IN2/c17-16-9-5-4-8-15(16)14-10-18-19(12-14)11-13-6-2-1-3-7-13/h1-10,12H,11H2. The van der Waals surface area contributed by atoms with Gasteiger partial charge in [0.05, 0.1) is 12.7 Å². The molecule has 0 saturated heterocycles. The molecule has 0 saturated carbocycles. The zero-order valence-electron chi connectivity index (χ0n) is 10.3. The fraction of sp³-hybridized carbons (Fsp3) is 0.0625. The van der Waals surface area contributed by atoms with E-state index >= 15 is 0 Å². The fourth-order valence-electron chi connectivity index (χ4n) is 2.05. The van der Waals surface area contributed by atoms with Gasteiger partial charge in [0, 0.05) is 15.3 Å². The Balaban J connectivity index is 1.86. The third kappa shape index (κ3) is 2.87. The molecule has 0 atom stereocenters. The molecule has 0 amide bonds. The minimum absolute atomic E-state index is 0.810. The summed E-state index contributed by atoms with van der Waals surface area (Å²) in [5.74, 6) is 0. The van der Waals surface area contributed by atoms with Crippen molar-refractivity contribution in [2.24, 2.45) is 0 Å². The largest absolute Gasteiger partial charge is 0.268 e. The van der Waals surface area contributed by atoms with E-state index in [4.69, 9.17) is 0 Å². The number of aromatic nitrogens is 2. The predicted octanol–water partition coefficient (Wildman–Crippen LogP) is 4.20. The highest BCUT2D eigenvalue weighted by molar-refractivity contribution is 14.1. The minimum atomic E-state index is 0.810. The normalized spacial score (nSPS) is 10.6. The number of benzene rings is 2. The van der Waals surface area contributed by atoms with E-state index in [1.807, 2.05) is 16.9 Å². The lowest BCUT2D eigenvalue weighted by molar-refractivity contribution is 0.687. The highest BCUT2D eigenvalue weighted by atomic mass is 127. The summed E-state index contributed by atoms with van der Waals surface area (Å²) in [6, 6.07) is 18.7. The van der Waals surface area contributed by atoms with Crippen molar-refractivity contribution in [1.29, 1.82) is 0 Å². The average molecular weight is 360 g/mol. The summed E-state index contributed by atoms with van der Waals surface area (Å²) in [5.41, 5.74) is 3.67. The maximum Gasteiger partial charge on any atom is 0.0659 e. The predicted molar refractivity (Wildman–Crippen MR) is 85.9 cm³/mol. The van der Waals surface area contributed by atoms with Crippen molar-refractivity contribution in [3.8, 4) is 11.1 Å². The van der Waals surface area contributed by atoms with Crippen LogP contribution in [0.1, 0.15) is 5.56 Å². The van der Waals surface area contributed by atoms with Gasteiger partial charge in [-0.25, -0.2) is 0 Å². The van der Waals surface area contributed by atoms with E-state index in [1.54, 1.807) is 0 Å². The molecule has 0 aliphatic heterocycles. The van der Waals surface area contributed by atoms with Gasteiger partial charge in [-0.2, -0.15) is 5.10 Å². The van der Waals surface area contributed by atoms with Crippen molar-refractivity contribution in [3.63, 3.8) is 0 Å². The van der Waals surface area contributed by atoms with Gasteiger partial charge in [0.15, 0.2) is 0 Å². The topological polar surface area (TPSA) is 17.8 Å². The Morgan fingerprint density at radius 3 is 2.47 bits per heavy atom. The molecule has 2 aromatic carbocycles. The van der Waals surface area contributed by atoms with E-state index in [0.717, 1.165) is 6.54 Å². The summed E-state index contributed by atoms with van der Waals surface area (Å²) < 4.78 is 3.23. The number of halogens is 1. The number of nitrogens with zero attached hydrogens (tertiary/aromatic N) is 2. The maximum atomic E-state index is 4.44. The Hall–Kier alpha value is -1.62. The second kappa shape index (κ2) is 5.57. The highest BCUT2D eigenvalue weighted by Crippen LogP contribution is 2.24. The first-order valence-corrected chi connectivity index (χ1v) is 7.22. The van der Waals surface area contributed by atoms with Crippen LogP contribution in [-0.4, -0.2) is 9.78 Å². The Morgan fingerprint density at radius 2 is 1.68 bits per heavy atom. The lowest BCUT2D eigenvalue weighted by Gasteiger charge is -2.02. The van der Waals surface area contributed by atoms with Gasteiger partial charge in [-0.05, 0) is 39.8 Å². The summed E-state index contributed by atoms with van der Waals surface area (Å²) in [6.07, 6.45) is 4.03. The summed E-state index contributed by atoms with van der Waals surface area (Å²) in [5, 5.41) is 4.44. The molecule has 3 aromatic rings. The monoisotopic (exact) mass is 360 g/mol. The summed E-state index contributed by atoms with van der Waals surface area (Å²) in [7, 11) is 0. The molecular formula is C16H13IN2. The third-order valence-electron chi connectivity index (χ3n) is 3.01. The van der Waals surface area contributed by atoms with E-state index in [0.29, 0.717) is 0 Å². The van der Waals surface area contributed by atoms with Crippen molar-refractivity contribution in [1.82, 2.24) is 9.78 Å². The van der Waals surface area contributed by atoms with Crippen molar-refractivity contribution in [3.05, 3.63) is 76.1 Å². The van der Waals surface area contributed by atoms with Gasteiger partial charge in [-0.3, -0.25) is 4.68 Å². The molecule has 1 aromatic heterocycles. The van der Waals surface area contributed by atoms with E-state index in [1.165, 1.54) is 20.3 Å². The SMILES string of the molecule is Ic1ccccc1-c1cnn(Cc2ccccc2)c1. The zero-order valence-corrected chi connectivity index (χ0v) is 12.5. The molecule has 0 aliphatic rings. The van der Waals surface area contributed by atoms with Crippen LogP contribution in [0.4, 0.5) is 0 Å². The van der Waals surface area contributed by atoms with Gasteiger partial charge in [-0.15, -0.1) is 0 Å². The second-order valence-corrected chi connectivity index (χ2v) is 5.55. The minimum Gasteiger partial charge on any atom is -0.268 e. The summed E-state index contributed by atoms with van der Waals surface area (Å²) in [4.78, 5) is 0. The molecule has 1 heterocycles. The molecule has 0 bridgehead atoms. The van der Waals surface area contributed by atoms with E-state index in [2.05, 4.69) is 82.4 Å². The van der Waals surface area contributed by atoms with E-state index in [-0.39, 0.29) is 0 Å². The van der Waals surface area contributed by atoms with Crippen molar-refractivity contribution >= 4 is 22.6 Å². The van der Waals surface area contributed by atoms with Gasteiger partial charge in [0.1, 0.15) is 0 Å². The molecule has 0 N–H and O–H groups in total. The van der Waals surface area contributed by atoms with Crippen LogP contribution in [-0.2, 0) is 6.54 Å². The zero-order chi connectivity index (χ0) is 13.1. The third-order valence-corrected chi connectivity index (χ3v) is 3.95. The van der Waals surface area contributed by atoms with Crippen LogP contribution in [0.25, 0.3) is 11.1 Å². The Bertz CT molecular complexity index is 674. The molecule has 3 rings (SSSR count). The van der Waals surface area contributed by atoms with Crippen molar-refractivity contribution < 1.29 is 0 Å². The molecule has 94 valence electrons. The first-order chi connectivity index (χ1) is 9.33. The quantitative estimate of drug-likeness (QED) is 0.640. The van der Waals surface area contributed by atoms with E-state index < -0.39 is 0 Å². The second-order valence-electron chi connectivity index (χ2n) is 4.39. The molecule has 0 unspecified atom stereocenters. The van der Waals surface area contributed by atoms with Crippen LogP contribution in [0.15, 0.2) is 67.0 Å². The molecule has 2 nitrogen and oxygen atoms in total. The number of hydrogen-bond acceptors (Lipinski definition) is 1. The van der Waals surface area contributed by atoms with Crippen LogP contribution >= 0.6 is 22.6 Å². The average Bonchev–Trinajstić information content (AvgIpc) is 2.89. The first kappa shape index (κ1) is 12.4. The molecule has 0 aliphatic carbocycles. The maximum absolute atomic E-state index is 4.44.